The van der Waals surface area contributed by atoms with Crippen molar-refractivity contribution < 1.29 is 18.7 Å². The molecule has 0 aliphatic heterocycles. The Kier molecular flexibility index (Phi) is 4.76. The van der Waals surface area contributed by atoms with Crippen LogP contribution in [0, 0.1) is 23.1 Å². The van der Waals surface area contributed by atoms with Gasteiger partial charge in [-0.15, -0.1) is 0 Å². The number of halogens is 1. The van der Waals surface area contributed by atoms with Crippen molar-refractivity contribution in [1.82, 2.24) is 5.32 Å². The van der Waals surface area contributed by atoms with Crippen LogP contribution in [0.4, 0.5) is 4.39 Å². The number of hydrogen-bond acceptors (Lipinski definition) is 4. The number of nitrogens with zero attached hydrogens (tertiary/aromatic N) is 1. The highest BCUT2D eigenvalue weighted by Crippen LogP contribution is 2.39. The molecule has 0 bridgehead atoms. The van der Waals surface area contributed by atoms with E-state index in [-0.39, 0.29) is 18.2 Å². The summed E-state index contributed by atoms with van der Waals surface area (Å²) in [5.74, 6) is -1.29. The van der Waals surface area contributed by atoms with E-state index in [9.17, 15) is 14.0 Å². The number of carbonyl (C=O) groups is 2. The first kappa shape index (κ1) is 16.0. The summed E-state index contributed by atoms with van der Waals surface area (Å²) in [6, 6.07) is 7.57. The van der Waals surface area contributed by atoms with Gasteiger partial charge in [-0.25, -0.2) is 4.39 Å². The van der Waals surface area contributed by atoms with Crippen molar-refractivity contribution in [3.05, 3.63) is 35.6 Å². The number of nitriles is 1. The van der Waals surface area contributed by atoms with E-state index >= 15 is 0 Å². The topological polar surface area (TPSA) is 79.2 Å². The molecule has 0 radical (unpaired) electrons. The van der Waals surface area contributed by atoms with Gasteiger partial charge in [0, 0.05) is 0 Å². The SMILES string of the molecule is C[C@](C#N)(NC(=O)COC(=O)Cc1ccc(F)cc1)C1CC1. The number of amides is 1. The molecule has 1 aliphatic rings. The molecule has 0 spiro atoms. The molecule has 1 atom stereocenters. The normalized spacial score (nSPS) is 16.2. The second-order valence-electron chi connectivity index (χ2n) is 5.60. The van der Waals surface area contributed by atoms with Gasteiger partial charge >= 0.3 is 5.97 Å². The van der Waals surface area contributed by atoms with Crippen molar-refractivity contribution in [3.8, 4) is 6.07 Å². The molecule has 0 saturated heterocycles. The van der Waals surface area contributed by atoms with E-state index in [1.807, 2.05) is 0 Å². The molecule has 0 heterocycles. The first-order chi connectivity index (χ1) is 10.4. The second kappa shape index (κ2) is 6.56. The number of carbonyl (C=O) groups excluding carboxylic acids is 2. The van der Waals surface area contributed by atoms with E-state index < -0.39 is 24.0 Å². The minimum Gasteiger partial charge on any atom is -0.455 e. The van der Waals surface area contributed by atoms with Crippen LogP contribution in [0.25, 0.3) is 0 Å². The minimum atomic E-state index is -0.902. The van der Waals surface area contributed by atoms with Gasteiger partial charge in [0.15, 0.2) is 6.61 Å². The Hall–Kier alpha value is -2.42. The van der Waals surface area contributed by atoms with Crippen LogP contribution in [0.1, 0.15) is 25.3 Å². The molecule has 1 saturated carbocycles. The fourth-order valence-corrected chi connectivity index (χ4v) is 2.17. The Labute approximate surface area is 128 Å². The second-order valence-corrected chi connectivity index (χ2v) is 5.60. The van der Waals surface area contributed by atoms with E-state index in [1.165, 1.54) is 24.3 Å². The van der Waals surface area contributed by atoms with Gasteiger partial charge < -0.3 is 10.1 Å². The van der Waals surface area contributed by atoms with Crippen LogP contribution in [-0.2, 0) is 20.7 Å². The lowest BCUT2D eigenvalue weighted by Crippen LogP contribution is -2.48. The van der Waals surface area contributed by atoms with Crippen LogP contribution in [0.5, 0.6) is 0 Å². The summed E-state index contributed by atoms with van der Waals surface area (Å²) in [4.78, 5) is 23.4. The number of hydrogen-bond donors (Lipinski definition) is 1. The van der Waals surface area contributed by atoms with Gasteiger partial charge in [0.2, 0.25) is 0 Å². The molecule has 1 fully saturated rings. The Morgan fingerprint density at radius 3 is 2.59 bits per heavy atom. The average Bonchev–Trinajstić information content (AvgIpc) is 3.32. The number of rotatable bonds is 6. The van der Waals surface area contributed by atoms with Gasteiger partial charge in [-0.3, -0.25) is 9.59 Å². The molecule has 1 aromatic rings. The highest BCUT2D eigenvalue weighted by atomic mass is 19.1. The molecule has 2 rings (SSSR count). The summed E-state index contributed by atoms with van der Waals surface area (Å²) in [5, 5.41) is 11.7. The highest BCUT2D eigenvalue weighted by molar-refractivity contribution is 5.82. The van der Waals surface area contributed by atoms with E-state index in [1.54, 1.807) is 6.92 Å². The summed E-state index contributed by atoms with van der Waals surface area (Å²) in [5.41, 5.74) is -0.299. The highest BCUT2D eigenvalue weighted by Gasteiger charge is 2.43. The zero-order valence-electron chi connectivity index (χ0n) is 12.3. The molecule has 116 valence electrons. The average molecular weight is 304 g/mol. The van der Waals surface area contributed by atoms with Crippen LogP contribution in [0.15, 0.2) is 24.3 Å². The quantitative estimate of drug-likeness (QED) is 0.812. The maximum atomic E-state index is 12.7. The van der Waals surface area contributed by atoms with Gasteiger partial charge in [0.25, 0.3) is 5.91 Å². The zero-order valence-corrected chi connectivity index (χ0v) is 12.3. The fraction of sp³-hybridized carbons (Fsp3) is 0.438. The lowest BCUT2D eigenvalue weighted by molar-refractivity contribution is -0.148. The summed E-state index contributed by atoms with van der Waals surface area (Å²) in [6.45, 7) is 1.24. The largest absolute Gasteiger partial charge is 0.455 e. The van der Waals surface area contributed by atoms with Crippen molar-refractivity contribution >= 4 is 11.9 Å². The molecule has 1 aromatic carbocycles. The van der Waals surface area contributed by atoms with Crippen LogP contribution < -0.4 is 5.32 Å². The maximum absolute atomic E-state index is 12.7. The predicted octanol–water partition coefficient (Wildman–Crippen LogP) is 1.72. The van der Waals surface area contributed by atoms with E-state index in [0.717, 1.165) is 12.8 Å². The smallest absolute Gasteiger partial charge is 0.310 e. The Morgan fingerprint density at radius 1 is 1.41 bits per heavy atom. The van der Waals surface area contributed by atoms with Gasteiger partial charge in [-0.1, -0.05) is 12.1 Å². The van der Waals surface area contributed by atoms with Crippen LogP contribution >= 0.6 is 0 Å². The first-order valence-corrected chi connectivity index (χ1v) is 7.05. The van der Waals surface area contributed by atoms with Crippen LogP contribution in [0.3, 0.4) is 0 Å². The third-order valence-corrected chi connectivity index (χ3v) is 3.65. The van der Waals surface area contributed by atoms with Crippen LogP contribution in [0.2, 0.25) is 0 Å². The van der Waals surface area contributed by atoms with E-state index in [2.05, 4.69) is 11.4 Å². The van der Waals surface area contributed by atoms with Crippen molar-refractivity contribution in [2.75, 3.05) is 6.61 Å². The number of ether oxygens (including phenoxy) is 1. The van der Waals surface area contributed by atoms with Crippen molar-refractivity contribution in [2.45, 2.75) is 31.7 Å². The molecule has 6 heteroatoms. The predicted molar refractivity (Wildman–Crippen MR) is 75.9 cm³/mol. The molecule has 1 N–H and O–H groups in total. The molecule has 1 amide bonds. The Morgan fingerprint density at radius 2 is 2.05 bits per heavy atom. The zero-order chi connectivity index (χ0) is 16.2. The summed E-state index contributed by atoms with van der Waals surface area (Å²) < 4.78 is 17.6. The number of benzene rings is 1. The monoisotopic (exact) mass is 304 g/mol. The minimum absolute atomic E-state index is 0.0360. The van der Waals surface area contributed by atoms with E-state index in [4.69, 9.17) is 10.00 Å². The van der Waals surface area contributed by atoms with Gasteiger partial charge in [0.05, 0.1) is 12.5 Å². The lowest BCUT2D eigenvalue weighted by Gasteiger charge is -2.22. The molecule has 22 heavy (non-hydrogen) atoms. The first-order valence-electron chi connectivity index (χ1n) is 7.05. The fourth-order valence-electron chi connectivity index (χ4n) is 2.17. The maximum Gasteiger partial charge on any atom is 0.310 e. The van der Waals surface area contributed by atoms with E-state index in [0.29, 0.717) is 5.56 Å². The summed E-state index contributed by atoms with van der Waals surface area (Å²) in [7, 11) is 0. The van der Waals surface area contributed by atoms with Gasteiger partial charge in [0.1, 0.15) is 11.4 Å². The molecule has 0 aromatic heterocycles. The third kappa shape index (κ3) is 4.29. The molecule has 1 aliphatic carbocycles. The van der Waals surface area contributed by atoms with Crippen molar-refractivity contribution in [2.24, 2.45) is 5.92 Å². The Balaban J connectivity index is 1.77. The van der Waals surface area contributed by atoms with Crippen LogP contribution in [-0.4, -0.2) is 24.0 Å². The molecular weight excluding hydrogens is 287 g/mol. The summed E-state index contributed by atoms with van der Waals surface area (Å²) >= 11 is 0. The molecule has 0 unspecified atom stereocenters. The summed E-state index contributed by atoms with van der Waals surface area (Å²) in [6.07, 6.45) is 1.79. The third-order valence-electron chi connectivity index (χ3n) is 3.65. The van der Waals surface area contributed by atoms with Crippen molar-refractivity contribution in [1.29, 1.82) is 5.26 Å². The standard InChI is InChI=1S/C16H17FN2O3/c1-16(10-18,12-4-5-12)19-14(20)9-22-15(21)8-11-2-6-13(17)7-3-11/h2-3,6-7,12H,4-5,8-9H2,1H3,(H,19,20)/t16-/m1/s1. The number of nitrogens with one attached hydrogen (secondary N) is 1. The molecule has 5 nitrogen and oxygen atoms in total. The van der Waals surface area contributed by atoms with Gasteiger partial charge in [-0.05, 0) is 43.4 Å². The van der Waals surface area contributed by atoms with Crippen molar-refractivity contribution in [3.63, 3.8) is 0 Å². The lowest BCUT2D eigenvalue weighted by atomic mass is 9.98. The van der Waals surface area contributed by atoms with Gasteiger partial charge in [-0.2, -0.15) is 5.26 Å². The molecular formula is C16H17FN2O3. The number of esters is 1. The Bertz CT molecular complexity index is 605.